The van der Waals surface area contributed by atoms with Crippen molar-refractivity contribution in [2.45, 2.75) is 0 Å². The number of hydrazone groups is 1. The van der Waals surface area contributed by atoms with Gasteiger partial charge >= 0.3 is 0 Å². The van der Waals surface area contributed by atoms with E-state index in [1.807, 2.05) is 66.7 Å². The maximum Gasteiger partial charge on any atom is 0.289 e. The van der Waals surface area contributed by atoms with E-state index in [2.05, 4.69) is 20.7 Å². The van der Waals surface area contributed by atoms with Gasteiger partial charge in [0.2, 0.25) is 0 Å². The fourth-order valence-corrected chi connectivity index (χ4v) is 3.00. The minimum Gasteiger partial charge on any atom is -0.496 e. The zero-order valence-corrected chi connectivity index (χ0v) is 15.2. The van der Waals surface area contributed by atoms with E-state index >= 15 is 0 Å². The average molecular weight is 370 g/mol. The van der Waals surface area contributed by atoms with Crippen molar-refractivity contribution in [3.63, 3.8) is 0 Å². The van der Waals surface area contributed by atoms with E-state index in [1.165, 1.54) is 0 Å². The standard InChI is InChI=1S/C22H18N4O2/c1-28-21-12-11-15-7-5-6-10-17(15)18(21)14-23-26-22(27)20-13-19(24-25-20)16-8-3-2-4-9-16/h2-14H,1H3,(H,24,25)(H,26,27)/b23-14+. The molecular formula is C22H18N4O2. The summed E-state index contributed by atoms with van der Waals surface area (Å²) in [7, 11) is 1.61. The van der Waals surface area contributed by atoms with Crippen molar-refractivity contribution < 1.29 is 9.53 Å². The molecule has 1 amide bonds. The molecule has 4 rings (SSSR count). The Morgan fingerprint density at radius 3 is 2.68 bits per heavy atom. The third-order valence-electron chi connectivity index (χ3n) is 4.40. The summed E-state index contributed by atoms with van der Waals surface area (Å²) in [6.45, 7) is 0. The van der Waals surface area contributed by atoms with Crippen molar-refractivity contribution in [3.8, 4) is 17.0 Å². The number of hydrogen-bond acceptors (Lipinski definition) is 4. The fourth-order valence-electron chi connectivity index (χ4n) is 3.00. The SMILES string of the molecule is COc1ccc2ccccc2c1/C=N/NC(=O)c1cc(-c2ccccc2)n[nH]1. The molecule has 0 aliphatic heterocycles. The van der Waals surface area contributed by atoms with Gasteiger partial charge < -0.3 is 4.74 Å². The summed E-state index contributed by atoms with van der Waals surface area (Å²) in [5.41, 5.74) is 5.30. The van der Waals surface area contributed by atoms with Crippen molar-refractivity contribution in [3.05, 3.63) is 84.1 Å². The predicted octanol–water partition coefficient (Wildman–Crippen LogP) is 4.00. The molecule has 1 aromatic heterocycles. The van der Waals surface area contributed by atoms with Crippen LogP contribution < -0.4 is 10.2 Å². The molecule has 0 fully saturated rings. The Morgan fingerprint density at radius 1 is 1.07 bits per heavy atom. The first-order valence-electron chi connectivity index (χ1n) is 8.76. The van der Waals surface area contributed by atoms with Crippen LogP contribution in [0.1, 0.15) is 16.1 Å². The first-order chi connectivity index (χ1) is 13.8. The summed E-state index contributed by atoms with van der Waals surface area (Å²) < 4.78 is 5.43. The number of amides is 1. The topological polar surface area (TPSA) is 79.4 Å². The summed E-state index contributed by atoms with van der Waals surface area (Å²) in [4.78, 5) is 12.4. The van der Waals surface area contributed by atoms with E-state index in [0.29, 0.717) is 17.1 Å². The summed E-state index contributed by atoms with van der Waals surface area (Å²) in [6.07, 6.45) is 1.59. The number of hydrogen-bond donors (Lipinski definition) is 2. The number of carbonyl (C=O) groups is 1. The molecule has 4 aromatic rings. The summed E-state index contributed by atoms with van der Waals surface area (Å²) >= 11 is 0. The monoisotopic (exact) mass is 370 g/mol. The van der Waals surface area contributed by atoms with Gasteiger partial charge in [0.15, 0.2) is 0 Å². The van der Waals surface area contributed by atoms with Crippen molar-refractivity contribution in [1.82, 2.24) is 15.6 Å². The molecular weight excluding hydrogens is 352 g/mol. The zero-order valence-electron chi connectivity index (χ0n) is 15.2. The zero-order chi connectivity index (χ0) is 19.3. The molecule has 0 spiro atoms. The lowest BCUT2D eigenvalue weighted by Gasteiger charge is -2.08. The molecule has 1 heterocycles. The molecule has 0 atom stereocenters. The van der Waals surface area contributed by atoms with Crippen LogP contribution in [-0.4, -0.2) is 29.4 Å². The Kier molecular flexibility index (Phi) is 4.84. The second-order valence-electron chi connectivity index (χ2n) is 6.13. The highest BCUT2D eigenvalue weighted by atomic mass is 16.5. The van der Waals surface area contributed by atoms with Crippen molar-refractivity contribution in [1.29, 1.82) is 0 Å². The number of methoxy groups -OCH3 is 1. The van der Waals surface area contributed by atoms with Crippen LogP contribution in [0.3, 0.4) is 0 Å². The van der Waals surface area contributed by atoms with Gasteiger partial charge in [0.1, 0.15) is 11.4 Å². The van der Waals surface area contributed by atoms with Gasteiger partial charge in [-0.3, -0.25) is 9.89 Å². The molecule has 28 heavy (non-hydrogen) atoms. The lowest BCUT2D eigenvalue weighted by molar-refractivity contribution is 0.0950. The lowest BCUT2D eigenvalue weighted by atomic mass is 10.0. The molecule has 0 saturated carbocycles. The minimum absolute atomic E-state index is 0.334. The van der Waals surface area contributed by atoms with Gasteiger partial charge in [-0.25, -0.2) is 5.43 Å². The third kappa shape index (κ3) is 3.48. The van der Waals surface area contributed by atoms with Crippen LogP contribution in [0.25, 0.3) is 22.0 Å². The van der Waals surface area contributed by atoms with Crippen molar-refractivity contribution in [2.75, 3.05) is 7.11 Å². The largest absolute Gasteiger partial charge is 0.496 e. The van der Waals surface area contributed by atoms with E-state index in [4.69, 9.17) is 4.74 Å². The molecule has 138 valence electrons. The number of aromatic nitrogens is 2. The fraction of sp³-hybridized carbons (Fsp3) is 0.0455. The van der Waals surface area contributed by atoms with Crippen molar-refractivity contribution >= 4 is 22.9 Å². The predicted molar refractivity (Wildman–Crippen MR) is 110 cm³/mol. The number of carbonyl (C=O) groups excluding carboxylic acids is 1. The molecule has 0 saturated heterocycles. The van der Waals surface area contributed by atoms with Crippen LogP contribution in [-0.2, 0) is 0 Å². The lowest BCUT2D eigenvalue weighted by Crippen LogP contribution is -2.18. The second kappa shape index (κ2) is 7.75. The number of H-pyrrole nitrogens is 1. The van der Waals surface area contributed by atoms with Gasteiger partial charge in [-0.15, -0.1) is 0 Å². The first-order valence-corrected chi connectivity index (χ1v) is 8.76. The van der Waals surface area contributed by atoms with Crippen LogP contribution >= 0.6 is 0 Å². The highest BCUT2D eigenvalue weighted by Gasteiger charge is 2.11. The number of ether oxygens (including phenoxy) is 1. The molecule has 3 aromatic carbocycles. The van der Waals surface area contributed by atoms with Crippen LogP contribution in [0, 0.1) is 0 Å². The van der Waals surface area contributed by atoms with E-state index in [9.17, 15) is 4.79 Å². The Labute approximate surface area is 161 Å². The Bertz CT molecular complexity index is 1150. The Balaban J connectivity index is 1.54. The Hall–Kier alpha value is -3.93. The van der Waals surface area contributed by atoms with Crippen LogP contribution in [0.5, 0.6) is 5.75 Å². The normalized spacial score (nSPS) is 11.0. The van der Waals surface area contributed by atoms with Gasteiger partial charge in [0.25, 0.3) is 5.91 Å². The molecule has 6 nitrogen and oxygen atoms in total. The number of fused-ring (bicyclic) bond motifs is 1. The molecule has 0 radical (unpaired) electrons. The van der Waals surface area contributed by atoms with E-state index in [1.54, 1.807) is 19.4 Å². The summed E-state index contributed by atoms with van der Waals surface area (Å²) in [6, 6.07) is 23.1. The number of nitrogens with zero attached hydrogens (tertiary/aromatic N) is 2. The van der Waals surface area contributed by atoms with E-state index < -0.39 is 0 Å². The Morgan fingerprint density at radius 2 is 1.86 bits per heavy atom. The quantitative estimate of drug-likeness (QED) is 0.412. The molecule has 0 bridgehead atoms. The number of aromatic amines is 1. The van der Waals surface area contributed by atoms with Gasteiger partial charge in [0.05, 0.1) is 19.0 Å². The smallest absolute Gasteiger partial charge is 0.289 e. The van der Waals surface area contributed by atoms with Gasteiger partial charge in [-0.05, 0) is 22.9 Å². The van der Waals surface area contributed by atoms with Gasteiger partial charge in [-0.1, -0.05) is 60.7 Å². The highest BCUT2D eigenvalue weighted by Crippen LogP contribution is 2.26. The van der Waals surface area contributed by atoms with Gasteiger partial charge in [0, 0.05) is 11.1 Å². The van der Waals surface area contributed by atoms with Crippen LogP contribution in [0.4, 0.5) is 0 Å². The van der Waals surface area contributed by atoms with Crippen molar-refractivity contribution in [2.24, 2.45) is 5.10 Å². The van der Waals surface area contributed by atoms with Crippen LogP contribution in [0.2, 0.25) is 0 Å². The summed E-state index contributed by atoms with van der Waals surface area (Å²) in [5, 5.41) is 13.1. The first kappa shape index (κ1) is 17.5. The maximum absolute atomic E-state index is 12.4. The number of benzene rings is 3. The second-order valence-corrected chi connectivity index (χ2v) is 6.13. The molecule has 0 aliphatic carbocycles. The van der Waals surface area contributed by atoms with E-state index in [0.717, 1.165) is 21.9 Å². The van der Waals surface area contributed by atoms with Crippen LogP contribution in [0.15, 0.2) is 77.9 Å². The minimum atomic E-state index is -0.370. The maximum atomic E-state index is 12.4. The molecule has 0 aliphatic rings. The highest BCUT2D eigenvalue weighted by molar-refractivity contribution is 6.03. The van der Waals surface area contributed by atoms with E-state index in [-0.39, 0.29) is 5.91 Å². The summed E-state index contributed by atoms with van der Waals surface area (Å²) in [5.74, 6) is 0.315. The molecule has 2 N–H and O–H groups in total. The molecule has 0 unspecified atom stereocenters. The third-order valence-corrected chi connectivity index (χ3v) is 4.40. The average Bonchev–Trinajstić information content (AvgIpc) is 3.25. The van der Waals surface area contributed by atoms with Gasteiger partial charge in [-0.2, -0.15) is 10.2 Å². The number of rotatable bonds is 5. The number of nitrogens with one attached hydrogen (secondary N) is 2. The molecule has 6 heteroatoms.